The largest absolute Gasteiger partial charge is 0.393 e. The Kier molecular flexibility index (Phi) is 3.97. The molecule has 5 N–H and O–H groups in total. The van der Waals surface area contributed by atoms with Crippen LogP contribution in [-0.4, -0.2) is 16.5 Å². The van der Waals surface area contributed by atoms with Gasteiger partial charge in [-0.1, -0.05) is 19.8 Å². The number of hydrogen-bond donors (Lipinski definition) is 3. The molecule has 0 radical (unpaired) electrons. The van der Waals surface area contributed by atoms with E-state index in [1.54, 1.807) is 0 Å². The van der Waals surface area contributed by atoms with Gasteiger partial charge < -0.3 is 16.8 Å². The number of nitrogen functional groups attached to an aromatic ring is 2. The van der Waals surface area contributed by atoms with Gasteiger partial charge in [-0.3, -0.25) is 0 Å². The highest BCUT2D eigenvalue weighted by Crippen LogP contribution is 2.18. The van der Waals surface area contributed by atoms with Gasteiger partial charge in [-0.25, -0.2) is 9.97 Å². The molecule has 0 fully saturated rings. The van der Waals surface area contributed by atoms with Crippen LogP contribution >= 0.6 is 0 Å². The first-order valence-electron chi connectivity index (χ1n) is 4.85. The molecule has 14 heavy (non-hydrogen) atoms. The molecule has 1 aromatic heterocycles. The predicted octanol–water partition coefficient (Wildman–Crippen LogP) is 1.24. The van der Waals surface area contributed by atoms with E-state index in [1.165, 1.54) is 19.2 Å². The lowest BCUT2D eigenvalue weighted by Crippen LogP contribution is -2.08. The third-order valence-corrected chi connectivity index (χ3v) is 1.99. The second kappa shape index (κ2) is 5.26. The molecule has 0 spiro atoms. The van der Waals surface area contributed by atoms with Gasteiger partial charge in [-0.05, 0) is 6.42 Å². The van der Waals surface area contributed by atoms with Crippen LogP contribution in [0.2, 0.25) is 0 Å². The first kappa shape index (κ1) is 10.6. The molecule has 5 nitrogen and oxygen atoms in total. The minimum atomic E-state index is 0.331. The summed E-state index contributed by atoms with van der Waals surface area (Å²) >= 11 is 0. The predicted molar refractivity (Wildman–Crippen MR) is 58.9 cm³/mol. The molecule has 1 aromatic rings. The molecule has 0 bridgehead atoms. The van der Waals surface area contributed by atoms with E-state index < -0.39 is 0 Å². The van der Waals surface area contributed by atoms with Crippen LogP contribution in [0.5, 0.6) is 0 Å². The Hall–Kier alpha value is -1.52. The number of nitrogens with one attached hydrogen (secondary N) is 1. The average Bonchev–Trinajstić information content (AvgIpc) is 2.19. The van der Waals surface area contributed by atoms with Crippen LogP contribution in [0.25, 0.3) is 0 Å². The Balaban J connectivity index is 2.46. The van der Waals surface area contributed by atoms with E-state index in [1.807, 2.05) is 0 Å². The summed E-state index contributed by atoms with van der Waals surface area (Å²) in [6.45, 7) is 3.03. The van der Waals surface area contributed by atoms with Crippen molar-refractivity contribution in [1.82, 2.24) is 9.97 Å². The van der Waals surface area contributed by atoms with Crippen LogP contribution in [0.3, 0.4) is 0 Å². The fraction of sp³-hybridized carbons (Fsp3) is 0.556. The Bertz CT molecular complexity index is 287. The first-order valence-corrected chi connectivity index (χ1v) is 4.85. The number of rotatable bonds is 5. The van der Waals surface area contributed by atoms with Gasteiger partial charge >= 0.3 is 0 Å². The quantitative estimate of drug-likeness (QED) is 0.615. The molecule has 0 aliphatic rings. The van der Waals surface area contributed by atoms with E-state index >= 15 is 0 Å². The molecule has 1 heterocycles. The fourth-order valence-electron chi connectivity index (χ4n) is 1.13. The number of anilines is 3. The van der Waals surface area contributed by atoms with Crippen molar-refractivity contribution in [2.75, 3.05) is 23.3 Å². The second-order valence-electron chi connectivity index (χ2n) is 3.16. The fourth-order valence-corrected chi connectivity index (χ4v) is 1.13. The van der Waals surface area contributed by atoms with Crippen molar-refractivity contribution in [2.24, 2.45) is 0 Å². The number of unbranched alkanes of at least 4 members (excludes halogenated alkanes) is 2. The minimum absolute atomic E-state index is 0.331. The highest BCUT2D eigenvalue weighted by Gasteiger charge is 2.03. The Morgan fingerprint density at radius 3 is 2.79 bits per heavy atom. The van der Waals surface area contributed by atoms with Crippen LogP contribution in [0.1, 0.15) is 26.2 Å². The summed E-state index contributed by atoms with van der Waals surface area (Å²) in [5, 5.41) is 3.13. The molecule has 0 amide bonds. The summed E-state index contributed by atoms with van der Waals surface area (Å²) in [7, 11) is 0. The average molecular weight is 195 g/mol. The molecular formula is C9H17N5. The first-order chi connectivity index (χ1) is 6.75. The van der Waals surface area contributed by atoms with Crippen LogP contribution in [0.4, 0.5) is 17.3 Å². The maximum absolute atomic E-state index is 5.68. The zero-order valence-corrected chi connectivity index (χ0v) is 8.45. The number of aromatic nitrogens is 2. The molecule has 1 rings (SSSR count). The molecular weight excluding hydrogens is 178 g/mol. The van der Waals surface area contributed by atoms with Gasteiger partial charge in [0.25, 0.3) is 0 Å². The van der Waals surface area contributed by atoms with E-state index in [0.717, 1.165) is 13.0 Å². The number of nitrogens with zero attached hydrogens (tertiary/aromatic N) is 2. The highest BCUT2D eigenvalue weighted by atomic mass is 15.1. The molecule has 0 unspecified atom stereocenters. The van der Waals surface area contributed by atoms with Gasteiger partial charge in [0.15, 0.2) is 11.6 Å². The monoisotopic (exact) mass is 195 g/mol. The van der Waals surface area contributed by atoms with Gasteiger partial charge in [0.1, 0.15) is 12.0 Å². The Morgan fingerprint density at radius 2 is 2.07 bits per heavy atom. The lowest BCUT2D eigenvalue weighted by Gasteiger charge is -2.08. The molecule has 0 aliphatic carbocycles. The second-order valence-corrected chi connectivity index (χ2v) is 3.16. The van der Waals surface area contributed by atoms with E-state index in [9.17, 15) is 0 Å². The van der Waals surface area contributed by atoms with Crippen molar-refractivity contribution in [1.29, 1.82) is 0 Å². The van der Waals surface area contributed by atoms with Crippen molar-refractivity contribution in [3.05, 3.63) is 6.33 Å². The van der Waals surface area contributed by atoms with Gasteiger partial charge in [0.05, 0.1) is 0 Å². The molecule has 0 aromatic carbocycles. The molecule has 0 atom stereocenters. The Morgan fingerprint density at radius 1 is 1.29 bits per heavy atom. The molecule has 0 saturated heterocycles. The van der Waals surface area contributed by atoms with Crippen LogP contribution in [0, 0.1) is 0 Å². The highest BCUT2D eigenvalue weighted by molar-refractivity contribution is 5.71. The third-order valence-electron chi connectivity index (χ3n) is 1.99. The van der Waals surface area contributed by atoms with Crippen LogP contribution in [0.15, 0.2) is 6.33 Å². The van der Waals surface area contributed by atoms with Crippen molar-refractivity contribution in [3.63, 3.8) is 0 Å². The van der Waals surface area contributed by atoms with Gasteiger partial charge in [-0.15, -0.1) is 0 Å². The van der Waals surface area contributed by atoms with Crippen LogP contribution in [-0.2, 0) is 0 Å². The zero-order chi connectivity index (χ0) is 10.4. The van der Waals surface area contributed by atoms with Crippen molar-refractivity contribution in [3.8, 4) is 0 Å². The lowest BCUT2D eigenvalue weighted by atomic mass is 10.2. The van der Waals surface area contributed by atoms with Crippen molar-refractivity contribution >= 4 is 17.3 Å². The minimum Gasteiger partial charge on any atom is -0.393 e. The number of hydrogen-bond acceptors (Lipinski definition) is 5. The SMILES string of the molecule is CCCCCNc1ncnc(N)c1N. The normalized spacial score (nSPS) is 10.1. The van der Waals surface area contributed by atoms with Crippen molar-refractivity contribution < 1.29 is 0 Å². The maximum atomic E-state index is 5.68. The summed E-state index contributed by atoms with van der Waals surface area (Å²) in [6, 6.07) is 0. The Labute approximate surface area is 83.9 Å². The zero-order valence-electron chi connectivity index (χ0n) is 8.45. The summed E-state index contributed by atoms with van der Waals surface area (Å²) in [6.07, 6.45) is 4.92. The maximum Gasteiger partial charge on any atom is 0.154 e. The summed E-state index contributed by atoms with van der Waals surface area (Å²) in [5.74, 6) is 0.964. The topological polar surface area (TPSA) is 89.8 Å². The van der Waals surface area contributed by atoms with Crippen LogP contribution < -0.4 is 16.8 Å². The number of nitrogens with two attached hydrogens (primary N) is 2. The molecule has 0 aliphatic heterocycles. The molecule has 5 heteroatoms. The van der Waals surface area contributed by atoms with Crippen molar-refractivity contribution in [2.45, 2.75) is 26.2 Å². The lowest BCUT2D eigenvalue weighted by molar-refractivity contribution is 0.742. The van der Waals surface area contributed by atoms with Gasteiger partial charge in [0.2, 0.25) is 0 Å². The summed E-state index contributed by atoms with van der Waals surface area (Å²) < 4.78 is 0. The standard InChI is InChI=1S/C9H17N5/c1-2-3-4-5-12-9-7(10)8(11)13-6-14-9/h6H,2-5,10H2,1H3,(H3,11,12,13,14). The van der Waals surface area contributed by atoms with E-state index in [0.29, 0.717) is 17.3 Å². The van der Waals surface area contributed by atoms with E-state index in [4.69, 9.17) is 11.5 Å². The van der Waals surface area contributed by atoms with E-state index in [-0.39, 0.29) is 0 Å². The van der Waals surface area contributed by atoms with E-state index in [2.05, 4.69) is 22.2 Å². The molecule has 78 valence electrons. The smallest absolute Gasteiger partial charge is 0.154 e. The van der Waals surface area contributed by atoms with Gasteiger partial charge in [-0.2, -0.15) is 0 Å². The summed E-state index contributed by atoms with van der Waals surface area (Å²) in [5.41, 5.74) is 11.7. The molecule has 0 saturated carbocycles. The van der Waals surface area contributed by atoms with Gasteiger partial charge in [0, 0.05) is 6.54 Å². The third kappa shape index (κ3) is 2.76. The summed E-state index contributed by atoms with van der Waals surface area (Å²) in [4.78, 5) is 7.79.